The number of imide groups is 1. The van der Waals surface area contributed by atoms with Gasteiger partial charge < -0.3 is 5.21 Å². The SMILES string of the molecule is CCC12c3ccccc3C(c3ccccc31)[C@@H]1C(=O)N(c3cccc([NH+]([O-])O)c3)C(=O)[C@@H]12. The van der Waals surface area contributed by atoms with Crippen molar-refractivity contribution in [1.82, 2.24) is 0 Å². The first kappa shape index (κ1) is 19.4. The van der Waals surface area contributed by atoms with Crippen molar-refractivity contribution in [2.75, 3.05) is 4.90 Å². The smallest absolute Gasteiger partial charge is 0.238 e. The lowest BCUT2D eigenvalue weighted by Crippen LogP contribution is -2.99. The summed E-state index contributed by atoms with van der Waals surface area (Å²) < 4.78 is 0. The van der Waals surface area contributed by atoms with E-state index in [1.807, 2.05) is 24.3 Å². The minimum Gasteiger partial charge on any atom is -0.595 e. The lowest BCUT2D eigenvalue weighted by molar-refractivity contribution is -0.991. The zero-order valence-corrected chi connectivity index (χ0v) is 17.5. The van der Waals surface area contributed by atoms with Gasteiger partial charge in [0, 0.05) is 23.5 Å². The zero-order chi connectivity index (χ0) is 22.2. The number of nitrogens with zero attached hydrogens (tertiary/aromatic N) is 1. The van der Waals surface area contributed by atoms with Gasteiger partial charge in [-0.15, -0.1) is 0 Å². The van der Waals surface area contributed by atoms with Crippen LogP contribution in [0.25, 0.3) is 0 Å². The molecule has 3 aromatic rings. The van der Waals surface area contributed by atoms with Gasteiger partial charge in [0.05, 0.1) is 17.5 Å². The molecule has 1 saturated heterocycles. The van der Waals surface area contributed by atoms with Gasteiger partial charge in [-0.25, -0.2) is 10.1 Å². The van der Waals surface area contributed by atoms with Crippen molar-refractivity contribution in [3.05, 3.63) is 100 Å². The van der Waals surface area contributed by atoms with Crippen LogP contribution in [0.2, 0.25) is 0 Å². The minimum atomic E-state index is -1.09. The molecule has 0 radical (unpaired) electrons. The molecule has 1 heterocycles. The van der Waals surface area contributed by atoms with Crippen LogP contribution in [0.5, 0.6) is 0 Å². The van der Waals surface area contributed by atoms with Crippen LogP contribution in [0.15, 0.2) is 72.8 Å². The van der Waals surface area contributed by atoms with E-state index in [4.69, 9.17) is 0 Å². The summed E-state index contributed by atoms with van der Waals surface area (Å²) >= 11 is 0. The van der Waals surface area contributed by atoms with Crippen molar-refractivity contribution in [2.24, 2.45) is 11.8 Å². The van der Waals surface area contributed by atoms with E-state index in [1.54, 1.807) is 12.1 Å². The van der Waals surface area contributed by atoms with Crippen molar-refractivity contribution < 1.29 is 20.0 Å². The van der Waals surface area contributed by atoms with Gasteiger partial charge in [0.25, 0.3) is 0 Å². The highest BCUT2D eigenvalue weighted by molar-refractivity contribution is 6.23. The second-order valence-electron chi connectivity index (χ2n) is 8.85. The van der Waals surface area contributed by atoms with Gasteiger partial charge in [-0.2, -0.15) is 5.23 Å². The summed E-state index contributed by atoms with van der Waals surface area (Å²) in [6.45, 7) is 2.09. The molecule has 2 amide bonds. The van der Waals surface area contributed by atoms with Crippen molar-refractivity contribution in [3.63, 3.8) is 0 Å². The van der Waals surface area contributed by atoms with Crippen LogP contribution in [0.3, 0.4) is 0 Å². The number of hydrogen-bond donors (Lipinski definition) is 2. The molecule has 1 unspecified atom stereocenters. The average molecular weight is 426 g/mol. The molecule has 1 fully saturated rings. The Hall–Kier alpha value is -3.32. The van der Waals surface area contributed by atoms with Gasteiger partial charge in [0.15, 0.2) is 5.69 Å². The highest BCUT2D eigenvalue weighted by atomic mass is 16.8. The van der Waals surface area contributed by atoms with Gasteiger partial charge >= 0.3 is 0 Å². The number of hydrogen-bond acceptors (Lipinski definition) is 4. The Morgan fingerprint density at radius 1 is 0.938 bits per heavy atom. The van der Waals surface area contributed by atoms with Gasteiger partial charge in [0.2, 0.25) is 11.8 Å². The molecule has 1 aliphatic heterocycles. The summed E-state index contributed by atoms with van der Waals surface area (Å²) in [6.07, 6.45) is 0.691. The maximum atomic E-state index is 14.0. The monoisotopic (exact) mass is 426 g/mol. The first-order valence-corrected chi connectivity index (χ1v) is 10.9. The van der Waals surface area contributed by atoms with Crippen LogP contribution in [-0.2, 0) is 15.0 Å². The van der Waals surface area contributed by atoms with E-state index >= 15 is 0 Å². The van der Waals surface area contributed by atoms with E-state index in [9.17, 15) is 20.0 Å². The Balaban J connectivity index is 1.60. The van der Waals surface area contributed by atoms with E-state index in [0.717, 1.165) is 22.3 Å². The average Bonchev–Trinajstić information content (AvgIpc) is 3.10. The molecule has 6 nitrogen and oxygen atoms in total. The fourth-order valence-electron chi connectivity index (χ4n) is 6.56. The van der Waals surface area contributed by atoms with Gasteiger partial charge in [0.1, 0.15) is 0 Å². The Bertz CT molecular complexity index is 1240. The molecular weight excluding hydrogens is 404 g/mol. The highest BCUT2D eigenvalue weighted by Crippen LogP contribution is 2.65. The summed E-state index contributed by atoms with van der Waals surface area (Å²) in [4.78, 5) is 29.1. The molecule has 0 spiro atoms. The van der Waals surface area contributed by atoms with Crippen molar-refractivity contribution in [3.8, 4) is 0 Å². The topological polar surface area (TPSA) is 85.1 Å². The number of amides is 2. The van der Waals surface area contributed by atoms with E-state index in [0.29, 0.717) is 12.1 Å². The molecule has 0 saturated carbocycles. The summed E-state index contributed by atoms with van der Waals surface area (Å²) in [7, 11) is 0. The quantitative estimate of drug-likeness (QED) is 0.498. The molecule has 32 heavy (non-hydrogen) atoms. The Labute approximate surface area is 185 Å². The Morgan fingerprint density at radius 3 is 2.16 bits per heavy atom. The van der Waals surface area contributed by atoms with E-state index in [-0.39, 0.29) is 23.4 Å². The van der Waals surface area contributed by atoms with Crippen molar-refractivity contribution in [1.29, 1.82) is 0 Å². The molecule has 2 bridgehead atoms. The van der Waals surface area contributed by atoms with Crippen LogP contribution in [0, 0.1) is 17.0 Å². The number of carbonyl (C=O) groups excluding carboxylic acids is 2. The van der Waals surface area contributed by atoms with Gasteiger partial charge in [-0.1, -0.05) is 61.5 Å². The minimum absolute atomic E-state index is 0.0534. The van der Waals surface area contributed by atoms with Crippen LogP contribution in [0.4, 0.5) is 11.4 Å². The standard InChI is InChI=1S/C26H22N2O4/c1-2-26-19-12-5-3-10-17(19)21(18-11-4-6-13-20(18)26)22-23(26)25(30)27(24(22)29)15-8-7-9-16(14-15)28(31)32/h3-14,21-23,28,31H,2H2,1H3/t21?,22-,23+,26?/m0/s1. The molecule has 4 aliphatic rings. The molecular formula is C26H22N2O4. The second kappa shape index (κ2) is 6.59. The van der Waals surface area contributed by atoms with Crippen LogP contribution >= 0.6 is 0 Å². The predicted molar refractivity (Wildman–Crippen MR) is 117 cm³/mol. The highest BCUT2D eigenvalue weighted by Gasteiger charge is 2.67. The first-order valence-electron chi connectivity index (χ1n) is 10.9. The number of quaternary nitrogens is 1. The van der Waals surface area contributed by atoms with E-state index in [2.05, 4.69) is 31.2 Å². The molecule has 7 rings (SSSR count). The van der Waals surface area contributed by atoms with Crippen molar-refractivity contribution in [2.45, 2.75) is 24.7 Å². The maximum absolute atomic E-state index is 14.0. The number of nitrogens with one attached hydrogen (secondary N) is 1. The molecule has 3 aromatic carbocycles. The number of anilines is 1. The molecule has 2 N–H and O–H groups in total. The van der Waals surface area contributed by atoms with E-state index in [1.165, 1.54) is 17.0 Å². The normalized spacial score (nSPS) is 28.3. The van der Waals surface area contributed by atoms with Crippen LogP contribution < -0.4 is 10.1 Å². The van der Waals surface area contributed by atoms with Gasteiger partial charge in [-0.3, -0.25) is 9.59 Å². The molecule has 3 atom stereocenters. The summed E-state index contributed by atoms with van der Waals surface area (Å²) in [5.41, 5.74) is 4.31. The third-order valence-corrected chi connectivity index (χ3v) is 7.70. The number of benzene rings is 3. The molecule has 6 heteroatoms. The zero-order valence-electron chi connectivity index (χ0n) is 17.5. The Morgan fingerprint density at radius 2 is 1.56 bits per heavy atom. The molecule has 3 aliphatic carbocycles. The summed E-state index contributed by atoms with van der Waals surface area (Å²) in [6, 6.07) is 22.5. The lowest BCUT2D eigenvalue weighted by Gasteiger charge is -2.54. The third kappa shape index (κ3) is 2.19. The summed E-state index contributed by atoms with van der Waals surface area (Å²) in [5, 5.41) is 19.8. The van der Waals surface area contributed by atoms with Crippen LogP contribution in [0.1, 0.15) is 41.5 Å². The number of carbonyl (C=O) groups is 2. The van der Waals surface area contributed by atoms with E-state index < -0.39 is 22.5 Å². The predicted octanol–water partition coefficient (Wildman–Crippen LogP) is 3.05. The molecule has 160 valence electrons. The largest absolute Gasteiger partial charge is 0.595 e. The van der Waals surface area contributed by atoms with Crippen LogP contribution in [-0.4, -0.2) is 17.0 Å². The number of rotatable bonds is 3. The van der Waals surface area contributed by atoms with Crippen molar-refractivity contribution >= 4 is 23.2 Å². The summed E-state index contributed by atoms with van der Waals surface area (Å²) in [5.74, 6) is -1.68. The first-order chi connectivity index (χ1) is 15.5. The lowest BCUT2D eigenvalue weighted by atomic mass is 9.46. The Kier molecular flexibility index (Phi) is 3.99. The second-order valence-corrected chi connectivity index (χ2v) is 8.85. The molecule has 0 aromatic heterocycles. The fourth-order valence-corrected chi connectivity index (χ4v) is 6.56. The maximum Gasteiger partial charge on any atom is 0.238 e. The fraction of sp³-hybridized carbons (Fsp3) is 0.231. The third-order valence-electron chi connectivity index (χ3n) is 7.70. The van der Waals surface area contributed by atoms with Gasteiger partial charge in [-0.05, 0) is 34.7 Å².